The lowest BCUT2D eigenvalue weighted by molar-refractivity contribution is 0.547. The molecule has 0 bridgehead atoms. The van der Waals surface area contributed by atoms with Crippen molar-refractivity contribution in [3.8, 4) is 11.1 Å². The Labute approximate surface area is 115 Å². The van der Waals surface area contributed by atoms with E-state index in [4.69, 9.17) is 5.73 Å². The molecule has 19 heavy (non-hydrogen) atoms. The minimum atomic E-state index is 0.624. The number of nitrogens with two attached hydrogens (primary N) is 1. The SMILES string of the molecule is CCC(C)Cc1nn(C)c(N)c1-c1ccc(C)cc1. The third-order valence-corrected chi connectivity index (χ3v) is 3.74. The Hall–Kier alpha value is -1.77. The molecule has 2 N–H and O–H groups in total. The molecule has 1 aromatic heterocycles. The second-order valence-corrected chi connectivity index (χ2v) is 5.41. The first-order valence-electron chi connectivity index (χ1n) is 6.91. The van der Waals surface area contributed by atoms with Crippen molar-refractivity contribution in [2.75, 3.05) is 5.73 Å². The highest BCUT2D eigenvalue weighted by Gasteiger charge is 2.17. The first kappa shape index (κ1) is 13.7. The van der Waals surface area contributed by atoms with Crippen LogP contribution in [0.5, 0.6) is 0 Å². The van der Waals surface area contributed by atoms with Crippen LogP contribution in [0.4, 0.5) is 5.82 Å². The van der Waals surface area contributed by atoms with Gasteiger partial charge in [0.05, 0.1) is 5.69 Å². The van der Waals surface area contributed by atoms with Crippen LogP contribution in [-0.4, -0.2) is 9.78 Å². The molecule has 1 unspecified atom stereocenters. The van der Waals surface area contributed by atoms with Crippen LogP contribution in [-0.2, 0) is 13.5 Å². The summed E-state index contributed by atoms with van der Waals surface area (Å²) in [5.74, 6) is 1.38. The van der Waals surface area contributed by atoms with Crippen LogP contribution in [0, 0.1) is 12.8 Å². The number of hydrogen-bond acceptors (Lipinski definition) is 2. The summed E-state index contributed by atoms with van der Waals surface area (Å²) in [5.41, 5.74) is 10.8. The topological polar surface area (TPSA) is 43.8 Å². The van der Waals surface area contributed by atoms with Crippen LogP contribution in [0.2, 0.25) is 0 Å². The molecule has 0 radical (unpaired) electrons. The van der Waals surface area contributed by atoms with E-state index >= 15 is 0 Å². The Kier molecular flexibility index (Phi) is 3.93. The molecule has 1 heterocycles. The molecule has 3 nitrogen and oxygen atoms in total. The van der Waals surface area contributed by atoms with Gasteiger partial charge in [-0.3, -0.25) is 4.68 Å². The van der Waals surface area contributed by atoms with Crippen LogP contribution in [0.15, 0.2) is 24.3 Å². The normalized spacial score (nSPS) is 12.6. The summed E-state index contributed by atoms with van der Waals surface area (Å²) in [5, 5.41) is 4.59. The fraction of sp³-hybridized carbons (Fsp3) is 0.438. The number of benzene rings is 1. The van der Waals surface area contributed by atoms with Gasteiger partial charge in [0.25, 0.3) is 0 Å². The molecule has 0 saturated carbocycles. The number of anilines is 1. The van der Waals surface area contributed by atoms with Gasteiger partial charge >= 0.3 is 0 Å². The summed E-state index contributed by atoms with van der Waals surface area (Å²) in [4.78, 5) is 0. The highest BCUT2D eigenvalue weighted by molar-refractivity contribution is 5.76. The molecule has 1 atom stereocenters. The summed E-state index contributed by atoms with van der Waals surface area (Å²) in [6.07, 6.45) is 2.13. The van der Waals surface area contributed by atoms with Gasteiger partial charge in [-0.1, -0.05) is 50.1 Å². The lowest BCUT2D eigenvalue weighted by Gasteiger charge is -2.08. The van der Waals surface area contributed by atoms with E-state index in [1.807, 2.05) is 7.05 Å². The Morgan fingerprint density at radius 3 is 2.47 bits per heavy atom. The number of aromatic nitrogens is 2. The van der Waals surface area contributed by atoms with Crippen LogP contribution in [0.25, 0.3) is 11.1 Å². The van der Waals surface area contributed by atoms with Crippen molar-refractivity contribution in [2.24, 2.45) is 13.0 Å². The van der Waals surface area contributed by atoms with E-state index in [9.17, 15) is 0 Å². The molecule has 102 valence electrons. The largest absolute Gasteiger partial charge is 0.383 e. The predicted octanol–water partition coefficient (Wildman–Crippen LogP) is 3.57. The number of nitrogens with zero attached hydrogens (tertiary/aromatic N) is 2. The van der Waals surface area contributed by atoms with E-state index in [1.54, 1.807) is 4.68 Å². The van der Waals surface area contributed by atoms with Gasteiger partial charge in [-0.05, 0) is 24.8 Å². The van der Waals surface area contributed by atoms with E-state index in [-0.39, 0.29) is 0 Å². The summed E-state index contributed by atoms with van der Waals surface area (Å²) >= 11 is 0. The van der Waals surface area contributed by atoms with Crippen molar-refractivity contribution in [2.45, 2.75) is 33.6 Å². The van der Waals surface area contributed by atoms with Crippen LogP contribution >= 0.6 is 0 Å². The average molecular weight is 257 g/mol. The minimum absolute atomic E-state index is 0.624. The molecular weight excluding hydrogens is 234 g/mol. The van der Waals surface area contributed by atoms with Gasteiger partial charge in [0.1, 0.15) is 5.82 Å². The summed E-state index contributed by atoms with van der Waals surface area (Å²) in [6.45, 7) is 6.56. The number of rotatable bonds is 4. The Balaban J connectivity index is 2.45. The first-order chi connectivity index (χ1) is 9.02. The molecular formula is C16H23N3. The average Bonchev–Trinajstić information content (AvgIpc) is 2.66. The van der Waals surface area contributed by atoms with Gasteiger partial charge in [-0.15, -0.1) is 0 Å². The van der Waals surface area contributed by atoms with Gasteiger partial charge in [0.15, 0.2) is 0 Å². The van der Waals surface area contributed by atoms with E-state index in [2.05, 4.69) is 50.1 Å². The van der Waals surface area contributed by atoms with E-state index in [1.165, 1.54) is 5.56 Å². The van der Waals surface area contributed by atoms with Crippen LogP contribution in [0.3, 0.4) is 0 Å². The first-order valence-corrected chi connectivity index (χ1v) is 6.91. The third-order valence-electron chi connectivity index (χ3n) is 3.74. The smallest absolute Gasteiger partial charge is 0.129 e. The molecule has 1 aromatic carbocycles. The third kappa shape index (κ3) is 2.80. The number of nitrogen functional groups attached to an aromatic ring is 1. The second kappa shape index (κ2) is 5.47. The lowest BCUT2D eigenvalue weighted by Crippen LogP contribution is -2.00. The van der Waals surface area contributed by atoms with Crippen molar-refractivity contribution in [1.82, 2.24) is 9.78 Å². The molecule has 2 rings (SSSR count). The summed E-state index contributed by atoms with van der Waals surface area (Å²) in [7, 11) is 1.91. The molecule has 0 saturated heterocycles. The summed E-state index contributed by atoms with van der Waals surface area (Å²) < 4.78 is 1.78. The molecule has 0 aliphatic heterocycles. The fourth-order valence-electron chi connectivity index (χ4n) is 2.25. The monoisotopic (exact) mass is 257 g/mol. The van der Waals surface area contributed by atoms with E-state index in [0.29, 0.717) is 5.92 Å². The maximum absolute atomic E-state index is 6.19. The zero-order valence-electron chi connectivity index (χ0n) is 12.3. The second-order valence-electron chi connectivity index (χ2n) is 5.41. The summed E-state index contributed by atoms with van der Waals surface area (Å²) in [6, 6.07) is 8.50. The van der Waals surface area contributed by atoms with Crippen molar-refractivity contribution in [3.05, 3.63) is 35.5 Å². The predicted molar refractivity (Wildman–Crippen MR) is 81.0 cm³/mol. The maximum atomic E-state index is 6.19. The molecule has 3 heteroatoms. The number of aryl methyl sites for hydroxylation is 2. The van der Waals surface area contributed by atoms with Crippen LogP contribution < -0.4 is 5.73 Å². The quantitative estimate of drug-likeness (QED) is 0.910. The Morgan fingerprint density at radius 2 is 1.89 bits per heavy atom. The van der Waals surface area contributed by atoms with Gasteiger partial charge in [-0.2, -0.15) is 5.10 Å². The highest BCUT2D eigenvalue weighted by Crippen LogP contribution is 2.31. The van der Waals surface area contributed by atoms with E-state index in [0.717, 1.165) is 35.5 Å². The van der Waals surface area contributed by atoms with Gasteiger partial charge < -0.3 is 5.73 Å². The Morgan fingerprint density at radius 1 is 1.26 bits per heavy atom. The number of hydrogen-bond donors (Lipinski definition) is 1. The molecule has 0 aliphatic carbocycles. The zero-order valence-corrected chi connectivity index (χ0v) is 12.3. The molecule has 0 amide bonds. The van der Waals surface area contributed by atoms with Crippen LogP contribution in [0.1, 0.15) is 31.5 Å². The van der Waals surface area contributed by atoms with Gasteiger partial charge in [0.2, 0.25) is 0 Å². The lowest BCUT2D eigenvalue weighted by atomic mass is 9.96. The van der Waals surface area contributed by atoms with Gasteiger partial charge in [-0.25, -0.2) is 0 Å². The molecule has 0 fully saturated rings. The van der Waals surface area contributed by atoms with Crippen molar-refractivity contribution in [1.29, 1.82) is 0 Å². The van der Waals surface area contributed by atoms with Gasteiger partial charge in [0, 0.05) is 12.6 Å². The molecule has 0 aliphatic rings. The molecule has 0 spiro atoms. The minimum Gasteiger partial charge on any atom is -0.383 e. The Bertz CT molecular complexity index is 552. The fourth-order valence-corrected chi connectivity index (χ4v) is 2.25. The van der Waals surface area contributed by atoms with E-state index < -0.39 is 0 Å². The zero-order chi connectivity index (χ0) is 14.0. The standard InChI is InChI=1S/C16H23N3/c1-5-11(2)10-14-15(16(17)19(4)18-14)13-8-6-12(3)7-9-13/h6-9,11H,5,10,17H2,1-4H3. The van der Waals surface area contributed by atoms with Crippen molar-refractivity contribution < 1.29 is 0 Å². The highest BCUT2D eigenvalue weighted by atomic mass is 15.3. The maximum Gasteiger partial charge on any atom is 0.129 e. The molecule has 2 aromatic rings. The van der Waals surface area contributed by atoms with Crippen molar-refractivity contribution in [3.63, 3.8) is 0 Å². The van der Waals surface area contributed by atoms with Crippen molar-refractivity contribution >= 4 is 5.82 Å².